The van der Waals surface area contributed by atoms with Gasteiger partial charge >= 0.3 is 0 Å². The van der Waals surface area contributed by atoms with Gasteiger partial charge in [-0.25, -0.2) is 8.78 Å². The molecule has 1 aromatic heterocycles. The molecule has 0 unspecified atom stereocenters. The van der Waals surface area contributed by atoms with E-state index in [1.54, 1.807) is 12.3 Å². The summed E-state index contributed by atoms with van der Waals surface area (Å²) in [6.45, 7) is 2.12. The van der Waals surface area contributed by atoms with Gasteiger partial charge in [0.05, 0.1) is 5.69 Å². The number of hydrogen-bond acceptors (Lipinski definition) is 1. The first-order valence-corrected chi connectivity index (χ1v) is 6.61. The number of hydrogen-bond donors (Lipinski definition) is 0. The molecule has 2 aromatic rings. The number of halogens is 2. The highest BCUT2D eigenvalue weighted by molar-refractivity contribution is 5.59. The van der Waals surface area contributed by atoms with Crippen molar-refractivity contribution in [3.8, 4) is 23.1 Å². The molecule has 0 aliphatic heterocycles. The van der Waals surface area contributed by atoms with Gasteiger partial charge in [-0.15, -0.1) is 0 Å². The first kappa shape index (κ1) is 14.2. The maximum absolute atomic E-state index is 13.2. The molecule has 1 nitrogen and oxygen atoms in total. The van der Waals surface area contributed by atoms with Crippen LogP contribution in [-0.2, 0) is 0 Å². The minimum Gasteiger partial charge on any atom is -0.255 e. The lowest BCUT2D eigenvalue weighted by molar-refractivity contribution is 0.509. The van der Waals surface area contributed by atoms with Crippen LogP contribution in [0, 0.1) is 23.5 Å². The van der Waals surface area contributed by atoms with Crippen LogP contribution in [0.5, 0.6) is 0 Å². The summed E-state index contributed by atoms with van der Waals surface area (Å²) in [6.07, 6.45) is 4.74. The van der Waals surface area contributed by atoms with Crippen molar-refractivity contribution >= 4 is 0 Å². The molecule has 0 spiro atoms. The molecule has 102 valence electrons. The lowest BCUT2D eigenvalue weighted by Crippen LogP contribution is -1.88. The highest BCUT2D eigenvalue weighted by Gasteiger charge is 2.05. The molecule has 1 heterocycles. The van der Waals surface area contributed by atoms with Crippen molar-refractivity contribution in [1.29, 1.82) is 0 Å². The Hall–Kier alpha value is -2.21. The molecule has 20 heavy (non-hydrogen) atoms. The van der Waals surface area contributed by atoms with E-state index in [9.17, 15) is 8.78 Å². The normalized spacial score (nSPS) is 9.95. The molecule has 0 saturated heterocycles. The summed E-state index contributed by atoms with van der Waals surface area (Å²) in [6, 6.07) is 7.35. The van der Waals surface area contributed by atoms with Crippen molar-refractivity contribution < 1.29 is 8.78 Å². The molecular formula is C17H15F2N. The maximum atomic E-state index is 13.2. The van der Waals surface area contributed by atoms with Crippen LogP contribution in [-0.4, -0.2) is 4.98 Å². The topological polar surface area (TPSA) is 12.9 Å². The van der Waals surface area contributed by atoms with E-state index < -0.39 is 11.6 Å². The van der Waals surface area contributed by atoms with Crippen molar-refractivity contribution in [2.75, 3.05) is 0 Å². The molecule has 0 aliphatic carbocycles. The summed E-state index contributed by atoms with van der Waals surface area (Å²) in [7, 11) is 0. The Morgan fingerprint density at radius 1 is 1.10 bits per heavy atom. The van der Waals surface area contributed by atoms with Crippen LogP contribution in [0.1, 0.15) is 31.7 Å². The number of benzene rings is 1. The lowest BCUT2D eigenvalue weighted by atomic mass is 10.1. The van der Waals surface area contributed by atoms with E-state index in [1.807, 2.05) is 6.07 Å². The van der Waals surface area contributed by atoms with Crippen molar-refractivity contribution in [3.05, 3.63) is 53.7 Å². The first-order chi connectivity index (χ1) is 9.70. The summed E-state index contributed by atoms with van der Waals surface area (Å²) < 4.78 is 26.0. The zero-order valence-corrected chi connectivity index (χ0v) is 11.3. The van der Waals surface area contributed by atoms with Crippen LogP contribution in [0.2, 0.25) is 0 Å². The fraction of sp³-hybridized carbons (Fsp3) is 0.235. The number of rotatable bonds is 3. The van der Waals surface area contributed by atoms with E-state index in [1.165, 1.54) is 6.07 Å². The number of pyridine rings is 1. The molecule has 0 bridgehead atoms. The lowest BCUT2D eigenvalue weighted by Gasteiger charge is -2.01. The molecule has 0 saturated carbocycles. The average Bonchev–Trinajstić information content (AvgIpc) is 2.47. The second-order valence-corrected chi connectivity index (χ2v) is 4.47. The van der Waals surface area contributed by atoms with Gasteiger partial charge in [0.2, 0.25) is 0 Å². The van der Waals surface area contributed by atoms with Gasteiger partial charge in [0.15, 0.2) is 11.6 Å². The largest absolute Gasteiger partial charge is 0.255 e. The quantitative estimate of drug-likeness (QED) is 0.588. The molecule has 0 amide bonds. The number of nitrogens with zero attached hydrogens (tertiary/aromatic N) is 1. The molecule has 3 heteroatoms. The average molecular weight is 271 g/mol. The third kappa shape index (κ3) is 3.64. The van der Waals surface area contributed by atoms with Gasteiger partial charge in [0.1, 0.15) is 0 Å². The summed E-state index contributed by atoms with van der Waals surface area (Å²) >= 11 is 0. The molecule has 0 aliphatic rings. The van der Waals surface area contributed by atoms with E-state index in [-0.39, 0.29) is 0 Å². The Kier molecular flexibility index (Phi) is 4.84. The maximum Gasteiger partial charge on any atom is 0.159 e. The Labute approximate surface area is 117 Å². The molecule has 0 atom stereocenters. The number of aromatic nitrogens is 1. The van der Waals surface area contributed by atoms with Gasteiger partial charge in [-0.05, 0) is 36.8 Å². The monoisotopic (exact) mass is 271 g/mol. The predicted octanol–water partition coefficient (Wildman–Crippen LogP) is 4.57. The third-order valence-electron chi connectivity index (χ3n) is 2.87. The highest BCUT2D eigenvalue weighted by atomic mass is 19.2. The van der Waals surface area contributed by atoms with Gasteiger partial charge in [-0.2, -0.15) is 0 Å². The summed E-state index contributed by atoms with van der Waals surface area (Å²) in [4.78, 5) is 4.23. The molecular weight excluding hydrogens is 256 g/mol. The smallest absolute Gasteiger partial charge is 0.159 e. The Morgan fingerprint density at radius 2 is 1.95 bits per heavy atom. The van der Waals surface area contributed by atoms with Crippen LogP contribution in [0.3, 0.4) is 0 Å². The minimum atomic E-state index is -0.868. The van der Waals surface area contributed by atoms with Gasteiger partial charge < -0.3 is 0 Å². The van der Waals surface area contributed by atoms with E-state index in [0.717, 1.165) is 37.0 Å². The second kappa shape index (κ2) is 6.81. The van der Waals surface area contributed by atoms with Crippen LogP contribution < -0.4 is 0 Å². The van der Waals surface area contributed by atoms with Crippen LogP contribution in [0.25, 0.3) is 11.3 Å². The summed E-state index contributed by atoms with van der Waals surface area (Å²) in [5.41, 5.74) is 1.98. The minimum absolute atomic E-state index is 0.550. The van der Waals surface area contributed by atoms with E-state index in [0.29, 0.717) is 11.3 Å². The van der Waals surface area contributed by atoms with Crippen LogP contribution in [0.4, 0.5) is 8.78 Å². The number of unbranched alkanes of at least 4 members (excludes halogenated alkanes) is 2. The van der Waals surface area contributed by atoms with Gasteiger partial charge in [0.25, 0.3) is 0 Å². The first-order valence-electron chi connectivity index (χ1n) is 6.61. The van der Waals surface area contributed by atoms with Crippen LogP contribution >= 0.6 is 0 Å². The van der Waals surface area contributed by atoms with E-state index in [2.05, 4.69) is 23.7 Å². The fourth-order valence-corrected chi connectivity index (χ4v) is 1.72. The molecule has 1 aromatic carbocycles. The van der Waals surface area contributed by atoms with E-state index >= 15 is 0 Å². The molecule has 0 N–H and O–H groups in total. The zero-order valence-electron chi connectivity index (χ0n) is 11.3. The van der Waals surface area contributed by atoms with Gasteiger partial charge in [-0.1, -0.05) is 25.2 Å². The Morgan fingerprint density at radius 3 is 2.60 bits per heavy atom. The Balaban J connectivity index is 2.14. The highest BCUT2D eigenvalue weighted by Crippen LogP contribution is 2.19. The zero-order chi connectivity index (χ0) is 14.4. The summed E-state index contributed by atoms with van der Waals surface area (Å²) in [5, 5.41) is 0. The fourth-order valence-electron chi connectivity index (χ4n) is 1.72. The van der Waals surface area contributed by atoms with Crippen molar-refractivity contribution in [2.24, 2.45) is 0 Å². The van der Waals surface area contributed by atoms with Crippen LogP contribution in [0.15, 0.2) is 36.5 Å². The SMILES string of the molecule is CCCCC#Cc1ccc(-c2ccc(F)c(F)c2)nc1. The standard InChI is InChI=1S/C17H15F2N/c1-2-3-4-5-6-13-7-10-17(20-12-13)14-8-9-15(18)16(19)11-14/h7-12H,2-4H2,1H3. The molecule has 0 fully saturated rings. The molecule has 0 radical (unpaired) electrons. The van der Waals surface area contributed by atoms with Gasteiger partial charge in [-0.3, -0.25) is 4.98 Å². The van der Waals surface area contributed by atoms with Crippen molar-refractivity contribution in [1.82, 2.24) is 4.98 Å². The Bertz CT molecular complexity index is 636. The molecule has 2 rings (SSSR count). The van der Waals surface area contributed by atoms with Crippen molar-refractivity contribution in [3.63, 3.8) is 0 Å². The third-order valence-corrected chi connectivity index (χ3v) is 2.87. The van der Waals surface area contributed by atoms with Gasteiger partial charge in [0, 0.05) is 23.7 Å². The second-order valence-electron chi connectivity index (χ2n) is 4.47. The summed E-state index contributed by atoms with van der Waals surface area (Å²) in [5.74, 6) is 4.39. The predicted molar refractivity (Wildman–Crippen MR) is 76.0 cm³/mol. The van der Waals surface area contributed by atoms with E-state index in [4.69, 9.17) is 0 Å². The van der Waals surface area contributed by atoms with Crippen molar-refractivity contribution in [2.45, 2.75) is 26.2 Å².